The van der Waals surface area contributed by atoms with Gasteiger partial charge in [0.25, 0.3) is 11.6 Å². The molecule has 114 valence electrons. The van der Waals surface area contributed by atoms with Crippen LogP contribution in [0.4, 0.5) is 11.4 Å². The molecule has 0 radical (unpaired) electrons. The minimum atomic E-state index is -0.453. The summed E-state index contributed by atoms with van der Waals surface area (Å²) in [5, 5.41) is 16.5. The van der Waals surface area contributed by atoms with Crippen LogP contribution >= 0.6 is 0 Å². The highest BCUT2D eigenvalue weighted by atomic mass is 16.6. The smallest absolute Gasteiger partial charge is 0.292 e. The van der Waals surface area contributed by atoms with Gasteiger partial charge in [-0.05, 0) is 13.0 Å². The van der Waals surface area contributed by atoms with Gasteiger partial charge in [0.2, 0.25) is 0 Å². The van der Waals surface area contributed by atoms with Crippen LogP contribution in [-0.2, 0) is 0 Å². The van der Waals surface area contributed by atoms with Crippen molar-refractivity contribution in [2.24, 2.45) is 0 Å². The molecule has 1 amide bonds. The van der Waals surface area contributed by atoms with Gasteiger partial charge in [-0.3, -0.25) is 14.9 Å². The Morgan fingerprint density at radius 3 is 2.82 bits per heavy atom. The molecule has 1 heterocycles. The van der Waals surface area contributed by atoms with Gasteiger partial charge in [0.1, 0.15) is 12.0 Å². The fourth-order valence-corrected chi connectivity index (χ4v) is 1.86. The Hall–Kier alpha value is -3.03. The number of amides is 1. The van der Waals surface area contributed by atoms with E-state index in [-0.39, 0.29) is 11.6 Å². The average molecular weight is 301 g/mol. The second kappa shape index (κ2) is 7.11. The summed E-state index contributed by atoms with van der Waals surface area (Å²) in [6.07, 6.45) is 2.83. The van der Waals surface area contributed by atoms with E-state index in [1.807, 2.05) is 0 Å². The van der Waals surface area contributed by atoms with E-state index in [1.165, 1.54) is 18.6 Å². The molecular formula is C14H15N5O3. The van der Waals surface area contributed by atoms with Gasteiger partial charge in [-0.1, -0.05) is 12.1 Å². The number of aromatic nitrogens is 2. The lowest BCUT2D eigenvalue weighted by Gasteiger charge is -2.09. The van der Waals surface area contributed by atoms with E-state index < -0.39 is 4.92 Å². The Bertz CT molecular complexity index is 690. The number of aryl methyl sites for hydroxylation is 1. The molecule has 0 fully saturated rings. The number of carbonyl (C=O) groups excluding carboxylic acids is 1. The van der Waals surface area contributed by atoms with Crippen LogP contribution in [0.5, 0.6) is 0 Å². The van der Waals surface area contributed by atoms with Gasteiger partial charge in [-0.15, -0.1) is 0 Å². The molecule has 1 aromatic carbocycles. The maximum absolute atomic E-state index is 11.9. The molecule has 0 saturated carbocycles. The van der Waals surface area contributed by atoms with Crippen molar-refractivity contribution >= 4 is 17.3 Å². The summed E-state index contributed by atoms with van der Waals surface area (Å²) in [5.41, 5.74) is 1.43. The molecule has 0 aliphatic heterocycles. The van der Waals surface area contributed by atoms with E-state index in [4.69, 9.17) is 0 Å². The lowest BCUT2D eigenvalue weighted by Crippen LogP contribution is -2.29. The van der Waals surface area contributed by atoms with Crippen LogP contribution in [0, 0.1) is 17.0 Å². The number of nitrogens with one attached hydrogen (secondary N) is 2. The van der Waals surface area contributed by atoms with Crippen LogP contribution in [0.1, 0.15) is 16.1 Å². The fourth-order valence-electron chi connectivity index (χ4n) is 1.86. The Morgan fingerprint density at radius 1 is 1.32 bits per heavy atom. The standard InChI is InChI=1S/C14H15N5O3/c1-10-11(8-15-9-18-10)14(20)17-7-6-16-12-4-2-3-5-13(12)19(21)22/h2-5,8-9,16H,6-7H2,1H3,(H,17,20). The summed E-state index contributed by atoms with van der Waals surface area (Å²) in [4.78, 5) is 30.1. The molecule has 1 aromatic heterocycles. The zero-order chi connectivity index (χ0) is 15.9. The molecule has 0 bridgehead atoms. The number of nitrogens with zero attached hydrogens (tertiary/aromatic N) is 3. The molecule has 0 unspecified atom stereocenters. The molecule has 0 atom stereocenters. The second-order valence-electron chi connectivity index (χ2n) is 4.48. The third-order valence-corrected chi connectivity index (χ3v) is 2.98. The second-order valence-corrected chi connectivity index (χ2v) is 4.48. The topological polar surface area (TPSA) is 110 Å². The summed E-state index contributed by atoms with van der Waals surface area (Å²) < 4.78 is 0. The summed E-state index contributed by atoms with van der Waals surface area (Å²) in [7, 11) is 0. The van der Waals surface area contributed by atoms with Crippen molar-refractivity contribution in [1.29, 1.82) is 0 Å². The first-order valence-electron chi connectivity index (χ1n) is 6.61. The van der Waals surface area contributed by atoms with Crippen molar-refractivity contribution in [3.8, 4) is 0 Å². The Labute approximate surface area is 126 Å². The Balaban J connectivity index is 1.87. The first kappa shape index (κ1) is 15.4. The van der Waals surface area contributed by atoms with Gasteiger partial charge in [0.05, 0.1) is 16.2 Å². The predicted molar refractivity (Wildman–Crippen MR) is 80.7 cm³/mol. The third kappa shape index (κ3) is 3.75. The summed E-state index contributed by atoms with van der Waals surface area (Å²) in [6, 6.07) is 6.35. The van der Waals surface area contributed by atoms with Crippen LogP contribution in [0.2, 0.25) is 0 Å². The highest BCUT2D eigenvalue weighted by Gasteiger charge is 2.12. The van der Waals surface area contributed by atoms with Gasteiger partial charge >= 0.3 is 0 Å². The van der Waals surface area contributed by atoms with Gasteiger partial charge in [0.15, 0.2) is 0 Å². The normalized spacial score (nSPS) is 10.0. The number of para-hydroxylation sites is 2. The first-order valence-corrected chi connectivity index (χ1v) is 6.61. The monoisotopic (exact) mass is 301 g/mol. The van der Waals surface area contributed by atoms with Crippen LogP contribution in [0.15, 0.2) is 36.8 Å². The van der Waals surface area contributed by atoms with Crippen LogP contribution < -0.4 is 10.6 Å². The Morgan fingerprint density at radius 2 is 2.09 bits per heavy atom. The molecule has 8 heteroatoms. The number of anilines is 1. The van der Waals surface area contributed by atoms with Gasteiger partial charge in [-0.25, -0.2) is 9.97 Å². The van der Waals surface area contributed by atoms with E-state index >= 15 is 0 Å². The lowest BCUT2D eigenvalue weighted by molar-refractivity contribution is -0.384. The average Bonchev–Trinajstić information content (AvgIpc) is 2.52. The van der Waals surface area contributed by atoms with Crippen LogP contribution in [0.25, 0.3) is 0 Å². The lowest BCUT2D eigenvalue weighted by atomic mass is 10.2. The fraction of sp³-hybridized carbons (Fsp3) is 0.214. The summed E-state index contributed by atoms with van der Waals surface area (Å²) >= 11 is 0. The van der Waals surface area contributed by atoms with E-state index in [0.29, 0.717) is 30.0 Å². The quantitative estimate of drug-likeness (QED) is 0.475. The Kier molecular flexibility index (Phi) is 4.97. The maximum Gasteiger partial charge on any atom is 0.292 e. The van der Waals surface area contributed by atoms with Gasteiger partial charge in [0, 0.05) is 25.4 Å². The number of nitro benzene ring substituents is 1. The molecule has 2 rings (SSSR count). The number of hydrogen-bond acceptors (Lipinski definition) is 6. The number of rotatable bonds is 6. The van der Waals surface area contributed by atoms with E-state index in [0.717, 1.165) is 0 Å². The molecule has 0 saturated heterocycles. The zero-order valence-electron chi connectivity index (χ0n) is 11.9. The van der Waals surface area contributed by atoms with Gasteiger partial charge in [-0.2, -0.15) is 0 Å². The molecule has 2 aromatic rings. The predicted octanol–water partition coefficient (Wildman–Crippen LogP) is 1.54. The third-order valence-electron chi connectivity index (χ3n) is 2.98. The number of hydrogen-bond donors (Lipinski definition) is 2. The van der Waals surface area contributed by atoms with Crippen molar-refractivity contribution in [3.05, 3.63) is 58.2 Å². The summed E-state index contributed by atoms with van der Waals surface area (Å²) in [5.74, 6) is -0.275. The van der Waals surface area contributed by atoms with Crippen molar-refractivity contribution < 1.29 is 9.72 Å². The minimum absolute atomic E-state index is 0.00105. The largest absolute Gasteiger partial charge is 0.378 e. The van der Waals surface area contributed by atoms with Gasteiger partial charge < -0.3 is 10.6 Å². The van der Waals surface area contributed by atoms with E-state index in [2.05, 4.69) is 20.6 Å². The first-order chi connectivity index (χ1) is 10.6. The van der Waals surface area contributed by atoms with Crippen molar-refractivity contribution in [2.45, 2.75) is 6.92 Å². The molecule has 0 aliphatic carbocycles. The number of nitro groups is 1. The molecule has 2 N–H and O–H groups in total. The van der Waals surface area contributed by atoms with E-state index in [1.54, 1.807) is 25.1 Å². The van der Waals surface area contributed by atoms with E-state index in [9.17, 15) is 14.9 Å². The molecular weight excluding hydrogens is 286 g/mol. The molecule has 22 heavy (non-hydrogen) atoms. The molecule has 0 spiro atoms. The minimum Gasteiger partial charge on any atom is -0.378 e. The highest BCUT2D eigenvalue weighted by molar-refractivity contribution is 5.94. The summed E-state index contributed by atoms with van der Waals surface area (Å²) in [6.45, 7) is 2.41. The molecule has 0 aliphatic rings. The number of benzene rings is 1. The highest BCUT2D eigenvalue weighted by Crippen LogP contribution is 2.22. The maximum atomic E-state index is 11.9. The number of carbonyl (C=O) groups is 1. The van der Waals surface area contributed by atoms with Crippen LogP contribution in [0.3, 0.4) is 0 Å². The van der Waals surface area contributed by atoms with Crippen molar-refractivity contribution in [1.82, 2.24) is 15.3 Å². The van der Waals surface area contributed by atoms with Crippen molar-refractivity contribution in [3.63, 3.8) is 0 Å². The molecule has 8 nitrogen and oxygen atoms in total. The van der Waals surface area contributed by atoms with Crippen molar-refractivity contribution in [2.75, 3.05) is 18.4 Å². The zero-order valence-corrected chi connectivity index (χ0v) is 11.9. The SMILES string of the molecule is Cc1ncncc1C(=O)NCCNc1ccccc1[N+](=O)[O-]. The van der Waals surface area contributed by atoms with Crippen LogP contribution in [-0.4, -0.2) is 33.9 Å².